The van der Waals surface area contributed by atoms with Crippen molar-refractivity contribution >= 4 is 62.9 Å². The Bertz CT molecular complexity index is 1510. The fourth-order valence-corrected chi connectivity index (χ4v) is 4.56. The number of anilines is 2. The van der Waals surface area contributed by atoms with E-state index >= 15 is 0 Å². The smallest absolute Gasteiger partial charge is 0.272 e. The first kappa shape index (κ1) is 28.7. The molecule has 0 unspecified atom stereocenters. The Hall–Kier alpha value is -4.34. The van der Waals surface area contributed by atoms with Crippen LogP contribution >= 0.6 is 27.7 Å². The summed E-state index contributed by atoms with van der Waals surface area (Å²) in [5.74, 6) is -0.231. The van der Waals surface area contributed by atoms with Crippen LogP contribution in [0.3, 0.4) is 0 Å². The lowest BCUT2D eigenvalue weighted by molar-refractivity contribution is -0.114. The van der Waals surface area contributed by atoms with E-state index in [4.69, 9.17) is 4.74 Å². The van der Waals surface area contributed by atoms with Crippen molar-refractivity contribution in [3.8, 4) is 5.75 Å². The van der Waals surface area contributed by atoms with Crippen molar-refractivity contribution in [3.05, 3.63) is 124 Å². The van der Waals surface area contributed by atoms with Gasteiger partial charge in [0.25, 0.3) is 11.8 Å². The quantitative estimate of drug-likeness (QED) is 0.138. The van der Waals surface area contributed by atoms with E-state index in [1.54, 1.807) is 61.7 Å². The Labute approximate surface area is 245 Å². The van der Waals surface area contributed by atoms with Gasteiger partial charge in [0.05, 0.1) is 12.9 Å². The minimum atomic E-state index is -0.496. The van der Waals surface area contributed by atoms with E-state index < -0.39 is 11.8 Å². The Morgan fingerprint density at radius 1 is 0.800 bits per heavy atom. The van der Waals surface area contributed by atoms with E-state index in [0.717, 1.165) is 15.1 Å². The summed E-state index contributed by atoms with van der Waals surface area (Å²) in [5, 5.41) is 8.41. The summed E-state index contributed by atoms with van der Waals surface area (Å²) < 4.78 is 6.34. The molecule has 0 radical (unpaired) electrons. The maximum absolute atomic E-state index is 13.3. The minimum absolute atomic E-state index is 0.0569. The summed E-state index contributed by atoms with van der Waals surface area (Å²) in [6, 6.07) is 30.4. The van der Waals surface area contributed by atoms with E-state index in [9.17, 15) is 14.4 Å². The number of thioether (sulfide) groups is 1. The molecule has 0 fully saturated rings. The molecule has 4 rings (SSSR count). The summed E-state index contributed by atoms with van der Waals surface area (Å²) in [5.41, 5.74) is 2.38. The van der Waals surface area contributed by atoms with E-state index in [2.05, 4.69) is 31.9 Å². The van der Waals surface area contributed by atoms with Crippen molar-refractivity contribution in [1.82, 2.24) is 5.32 Å². The van der Waals surface area contributed by atoms with Gasteiger partial charge in [0.2, 0.25) is 5.91 Å². The van der Waals surface area contributed by atoms with Crippen LogP contribution in [-0.4, -0.2) is 30.6 Å². The first-order valence-electron chi connectivity index (χ1n) is 12.2. The fourth-order valence-electron chi connectivity index (χ4n) is 3.60. The number of hydrogen-bond donors (Lipinski definition) is 3. The van der Waals surface area contributed by atoms with Crippen LogP contribution in [0.5, 0.6) is 5.75 Å². The third kappa shape index (κ3) is 8.33. The maximum atomic E-state index is 13.3. The number of halogens is 1. The molecule has 7 nitrogen and oxygen atoms in total. The number of nitrogens with one attached hydrogen (secondary N) is 3. The van der Waals surface area contributed by atoms with E-state index in [-0.39, 0.29) is 17.4 Å². The number of methoxy groups -OCH3 is 1. The summed E-state index contributed by atoms with van der Waals surface area (Å²) in [4.78, 5) is 39.3. The molecule has 0 spiro atoms. The van der Waals surface area contributed by atoms with Crippen LogP contribution in [0.1, 0.15) is 15.9 Å². The molecule has 0 aliphatic rings. The lowest BCUT2D eigenvalue weighted by atomic mass is 10.1. The van der Waals surface area contributed by atoms with Gasteiger partial charge in [0.15, 0.2) is 0 Å². The Morgan fingerprint density at radius 2 is 1.43 bits per heavy atom. The van der Waals surface area contributed by atoms with Crippen LogP contribution < -0.4 is 20.7 Å². The molecule has 3 N–H and O–H groups in total. The lowest BCUT2D eigenvalue weighted by Crippen LogP contribution is -2.30. The highest BCUT2D eigenvalue weighted by molar-refractivity contribution is 9.10. The standard InChI is InChI=1S/C31H26BrN3O4S/c1-39-28-10-6-5-9-22(28)19-27(35-30(37)21-7-3-2-4-8-21)31(38)34-25-15-17-26(18-16-25)40-20-29(36)33-24-13-11-23(32)12-14-24/h2-19H,20H2,1H3,(H,33,36)(H,34,38)(H,35,37)/b27-19-. The topological polar surface area (TPSA) is 96.5 Å². The van der Waals surface area contributed by atoms with Crippen molar-refractivity contribution in [1.29, 1.82) is 0 Å². The zero-order chi connectivity index (χ0) is 28.3. The number of carbonyl (C=O) groups excluding carboxylic acids is 3. The largest absolute Gasteiger partial charge is 0.496 e. The first-order chi connectivity index (χ1) is 19.4. The Kier molecular flexibility index (Phi) is 10.1. The van der Waals surface area contributed by atoms with Gasteiger partial charge in [0, 0.05) is 31.9 Å². The molecule has 0 saturated heterocycles. The van der Waals surface area contributed by atoms with Gasteiger partial charge in [-0.2, -0.15) is 0 Å². The average molecular weight is 617 g/mol. The number of benzene rings is 4. The first-order valence-corrected chi connectivity index (χ1v) is 14.0. The molecule has 0 aliphatic heterocycles. The van der Waals surface area contributed by atoms with E-state index in [1.807, 2.05) is 54.6 Å². The van der Waals surface area contributed by atoms with Crippen LogP contribution in [0.15, 0.2) is 118 Å². The van der Waals surface area contributed by atoms with Crippen molar-refractivity contribution in [3.63, 3.8) is 0 Å². The molecule has 9 heteroatoms. The summed E-state index contributed by atoms with van der Waals surface area (Å²) >= 11 is 4.75. The third-order valence-corrected chi connectivity index (χ3v) is 7.12. The molecule has 0 aliphatic carbocycles. The second kappa shape index (κ2) is 14.2. The lowest BCUT2D eigenvalue weighted by Gasteiger charge is -2.13. The van der Waals surface area contributed by atoms with Gasteiger partial charge in [-0.15, -0.1) is 11.8 Å². The zero-order valence-electron chi connectivity index (χ0n) is 21.5. The number of hydrogen-bond acceptors (Lipinski definition) is 5. The van der Waals surface area contributed by atoms with Crippen LogP contribution in [-0.2, 0) is 9.59 Å². The number of para-hydroxylation sites is 1. The van der Waals surface area contributed by atoms with Crippen LogP contribution in [0.2, 0.25) is 0 Å². The third-order valence-electron chi connectivity index (χ3n) is 5.58. The SMILES string of the molecule is COc1ccccc1/C=C(\NC(=O)c1ccccc1)C(=O)Nc1ccc(SCC(=O)Nc2ccc(Br)cc2)cc1. The predicted molar refractivity (Wildman–Crippen MR) is 163 cm³/mol. The maximum Gasteiger partial charge on any atom is 0.272 e. The van der Waals surface area contributed by atoms with Crippen LogP contribution in [0, 0.1) is 0 Å². The summed E-state index contributed by atoms with van der Waals surface area (Å²) in [6.45, 7) is 0. The predicted octanol–water partition coefficient (Wildman–Crippen LogP) is 6.60. The van der Waals surface area contributed by atoms with Gasteiger partial charge in [-0.3, -0.25) is 14.4 Å². The number of ether oxygens (including phenoxy) is 1. The number of rotatable bonds is 10. The van der Waals surface area contributed by atoms with Gasteiger partial charge < -0.3 is 20.7 Å². The van der Waals surface area contributed by atoms with Gasteiger partial charge in [-0.25, -0.2) is 0 Å². The summed E-state index contributed by atoms with van der Waals surface area (Å²) in [6.07, 6.45) is 1.57. The second-order valence-electron chi connectivity index (χ2n) is 8.44. The fraction of sp³-hybridized carbons (Fsp3) is 0.0645. The summed E-state index contributed by atoms with van der Waals surface area (Å²) in [7, 11) is 1.54. The number of carbonyl (C=O) groups is 3. The molecule has 4 aromatic carbocycles. The van der Waals surface area contributed by atoms with Crippen molar-refractivity contribution in [2.75, 3.05) is 23.5 Å². The molecule has 3 amide bonds. The van der Waals surface area contributed by atoms with Gasteiger partial charge in [-0.1, -0.05) is 52.3 Å². The average Bonchev–Trinajstić information content (AvgIpc) is 2.98. The molecule has 0 saturated carbocycles. The highest BCUT2D eigenvalue weighted by atomic mass is 79.9. The molecule has 202 valence electrons. The zero-order valence-corrected chi connectivity index (χ0v) is 23.9. The number of amides is 3. The van der Waals surface area contributed by atoms with Crippen molar-refractivity contribution in [2.45, 2.75) is 4.90 Å². The molecule has 0 atom stereocenters. The van der Waals surface area contributed by atoms with Crippen molar-refractivity contribution < 1.29 is 19.1 Å². The highest BCUT2D eigenvalue weighted by Gasteiger charge is 2.16. The van der Waals surface area contributed by atoms with E-state index in [1.165, 1.54) is 11.8 Å². The Morgan fingerprint density at radius 3 is 2.12 bits per heavy atom. The molecule has 4 aromatic rings. The van der Waals surface area contributed by atoms with Crippen molar-refractivity contribution in [2.24, 2.45) is 0 Å². The molecular formula is C31H26BrN3O4S. The minimum Gasteiger partial charge on any atom is -0.496 e. The normalized spacial score (nSPS) is 10.9. The molecule has 40 heavy (non-hydrogen) atoms. The van der Waals surface area contributed by atoms with Gasteiger partial charge >= 0.3 is 0 Å². The molecule has 0 heterocycles. The molecule has 0 aromatic heterocycles. The van der Waals surface area contributed by atoms with Crippen LogP contribution in [0.25, 0.3) is 6.08 Å². The molecule has 0 bridgehead atoms. The monoisotopic (exact) mass is 615 g/mol. The van der Waals surface area contributed by atoms with Gasteiger partial charge in [0.1, 0.15) is 11.4 Å². The van der Waals surface area contributed by atoms with E-state index in [0.29, 0.717) is 22.6 Å². The van der Waals surface area contributed by atoms with Gasteiger partial charge in [-0.05, 0) is 72.8 Å². The van der Waals surface area contributed by atoms with Crippen LogP contribution in [0.4, 0.5) is 11.4 Å². The Balaban J connectivity index is 1.42. The highest BCUT2D eigenvalue weighted by Crippen LogP contribution is 2.23. The second-order valence-corrected chi connectivity index (χ2v) is 10.4. The molecular weight excluding hydrogens is 590 g/mol.